The van der Waals surface area contributed by atoms with Crippen molar-refractivity contribution in [3.8, 4) is 0 Å². The zero-order valence-electron chi connectivity index (χ0n) is 28.6. The summed E-state index contributed by atoms with van der Waals surface area (Å²) in [6.45, 7) is 12.6. The second kappa shape index (κ2) is 13.3. The van der Waals surface area contributed by atoms with E-state index in [1.54, 1.807) is 5.57 Å². The molecule has 1 unspecified atom stereocenters. The fourth-order valence-electron chi connectivity index (χ4n) is 11.1. The van der Waals surface area contributed by atoms with Gasteiger partial charge in [0.1, 0.15) is 6.10 Å². The maximum absolute atomic E-state index is 12.9. The zero-order chi connectivity index (χ0) is 30.9. The number of carbonyl (C=O) groups excluding carboxylic acids is 1. The largest absolute Gasteiger partial charge is 0.462 e. The first-order chi connectivity index (χ1) is 21.2. The second-order valence-corrected chi connectivity index (χ2v) is 16.5. The number of ether oxygens (including phenoxy) is 1. The van der Waals surface area contributed by atoms with E-state index in [1.165, 1.54) is 74.1 Å². The Morgan fingerprint density at radius 1 is 0.886 bits per heavy atom. The average Bonchev–Trinajstić information content (AvgIpc) is 3.36. The van der Waals surface area contributed by atoms with Crippen LogP contribution in [0.3, 0.4) is 0 Å². The van der Waals surface area contributed by atoms with Crippen LogP contribution in [0.2, 0.25) is 0 Å². The third kappa shape index (κ3) is 6.30. The second-order valence-electron chi connectivity index (χ2n) is 16.5. The molecule has 2 nitrogen and oxygen atoms in total. The third-order valence-electron chi connectivity index (χ3n) is 13.5. The number of unbranched alkanes of at least 4 members (excludes halogenated alkanes) is 1. The predicted molar refractivity (Wildman–Crippen MR) is 184 cm³/mol. The highest BCUT2D eigenvalue weighted by atomic mass is 16.5. The molecule has 0 radical (unpaired) electrons. The van der Waals surface area contributed by atoms with Gasteiger partial charge in [0.05, 0.1) is 0 Å². The van der Waals surface area contributed by atoms with Gasteiger partial charge in [-0.3, -0.25) is 4.79 Å². The Kier molecular flexibility index (Phi) is 9.66. The average molecular weight is 597 g/mol. The Balaban J connectivity index is 1.00. The molecular formula is C42H60O2. The highest BCUT2D eigenvalue weighted by Crippen LogP contribution is 2.67. The van der Waals surface area contributed by atoms with Gasteiger partial charge in [0.2, 0.25) is 0 Å². The molecule has 4 aliphatic carbocycles. The summed E-state index contributed by atoms with van der Waals surface area (Å²) >= 11 is 0. The van der Waals surface area contributed by atoms with Crippen molar-refractivity contribution in [1.29, 1.82) is 0 Å². The molecule has 0 aliphatic heterocycles. The Hall–Kier alpha value is -2.09. The Labute approximate surface area is 268 Å². The molecule has 0 N–H and O–H groups in total. The van der Waals surface area contributed by atoms with E-state index in [0.29, 0.717) is 17.3 Å². The lowest BCUT2D eigenvalue weighted by molar-refractivity contribution is -0.151. The van der Waals surface area contributed by atoms with Crippen LogP contribution >= 0.6 is 0 Å². The summed E-state index contributed by atoms with van der Waals surface area (Å²) in [6.07, 6.45) is 20.6. The maximum Gasteiger partial charge on any atom is 0.306 e. The molecule has 240 valence electrons. The van der Waals surface area contributed by atoms with Crippen LogP contribution in [0.25, 0.3) is 10.8 Å². The number of benzene rings is 2. The molecule has 0 spiro atoms. The third-order valence-corrected chi connectivity index (χ3v) is 13.5. The minimum Gasteiger partial charge on any atom is -0.462 e. The highest BCUT2D eigenvalue weighted by molar-refractivity contribution is 5.85. The van der Waals surface area contributed by atoms with E-state index in [4.69, 9.17) is 4.74 Å². The van der Waals surface area contributed by atoms with E-state index in [0.717, 1.165) is 67.6 Å². The van der Waals surface area contributed by atoms with Crippen LogP contribution in [-0.4, -0.2) is 12.1 Å². The number of allylic oxidation sites excluding steroid dienone is 1. The standard InChI is InChI=1S/C42H60O2/c1-29(2)12-10-13-30(3)37-22-23-38-36-21-20-33-28-34(24-26-41(33,4)39(36)25-27-42(37,38)5)44-40(43)19-9-7-15-32-17-11-16-31-14-6-8-18-35(31)32/h6,8,11,14,16-18,20,29-30,34,36-39H,7,9-10,12-13,15,19,21-28H2,1-5H3/t30-,34?,36+,37-,38+,39+,41+,42-/m1/s1. The smallest absolute Gasteiger partial charge is 0.306 e. The van der Waals surface area contributed by atoms with Gasteiger partial charge in [-0.05, 0) is 127 Å². The molecule has 6 rings (SSSR count). The minimum atomic E-state index is 0.0127. The molecule has 3 fully saturated rings. The van der Waals surface area contributed by atoms with Crippen molar-refractivity contribution >= 4 is 16.7 Å². The van der Waals surface area contributed by atoms with E-state index in [2.05, 4.69) is 83.2 Å². The van der Waals surface area contributed by atoms with Crippen LogP contribution in [0.5, 0.6) is 0 Å². The molecule has 4 aliphatic rings. The molecule has 0 aromatic heterocycles. The first-order valence-corrected chi connectivity index (χ1v) is 18.5. The lowest BCUT2D eigenvalue weighted by atomic mass is 9.47. The Morgan fingerprint density at radius 3 is 2.55 bits per heavy atom. The van der Waals surface area contributed by atoms with Gasteiger partial charge in [0, 0.05) is 12.8 Å². The molecular weight excluding hydrogens is 536 g/mol. The number of hydrogen-bond donors (Lipinski definition) is 0. The number of hydrogen-bond acceptors (Lipinski definition) is 2. The molecule has 2 aromatic rings. The van der Waals surface area contributed by atoms with E-state index < -0.39 is 0 Å². The number of esters is 1. The van der Waals surface area contributed by atoms with Crippen molar-refractivity contribution in [2.45, 2.75) is 137 Å². The van der Waals surface area contributed by atoms with Gasteiger partial charge in [-0.15, -0.1) is 0 Å². The van der Waals surface area contributed by atoms with E-state index in [-0.39, 0.29) is 12.1 Å². The summed E-state index contributed by atoms with van der Waals surface area (Å²) in [4.78, 5) is 12.9. The monoisotopic (exact) mass is 596 g/mol. The van der Waals surface area contributed by atoms with E-state index >= 15 is 0 Å². The number of fused-ring (bicyclic) bond motifs is 6. The quantitative estimate of drug-likeness (QED) is 0.146. The van der Waals surface area contributed by atoms with Gasteiger partial charge in [0.15, 0.2) is 0 Å². The number of aryl methyl sites for hydroxylation is 1. The molecule has 0 heterocycles. The first-order valence-electron chi connectivity index (χ1n) is 18.5. The minimum absolute atomic E-state index is 0.0127. The van der Waals surface area contributed by atoms with Crippen molar-refractivity contribution < 1.29 is 9.53 Å². The van der Waals surface area contributed by atoms with Crippen LogP contribution < -0.4 is 0 Å². The summed E-state index contributed by atoms with van der Waals surface area (Å²) in [5.74, 6) is 5.21. The summed E-state index contributed by atoms with van der Waals surface area (Å²) in [5, 5.41) is 2.64. The fourth-order valence-corrected chi connectivity index (χ4v) is 11.1. The molecule has 0 bridgehead atoms. The first kappa shape index (κ1) is 31.9. The van der Waals surface area contributed by atoms with Crippen molar-refractivity contribution in [3.05, 3.63) is 59.7 Å². The van der Waals surface area contributed by atoms with Gasteiger partial charge in [-0.2, -0.15) is 0 Å². The lowest BCUT2D eigenvalue weighted by Crippen LogP contribution is -2.51. The highest BCUT2D eigenvalue weighted by Gasteiger charge is 2.59. The van der Waals surface area contributed by atoms with Gasteiger partial charge >= 0.3 is 5.97 Å². The van der Waals surface area contributed by atoms with Crippen LogP contribution in [0.4, 0.5) is 0 Å². The van der Waals surface area contributed by atoms with Gasteiger partial charge in [0.25, 0.3) is 0 Å². The summed E-state index contributed by atoms with van der Waals surface area (Å²) in [6, 6.07) is 15.2. The van der Waals surface area contributed by atoms with Crippen LogP contribution in [-0.2, 0) is 16.0 Å². The van der Waals surface area contributed by atoms with E-state index in [9.17, 15) is 4.79 Å². The normalized spacial score (nSPS) is 33.8. The maximum atomic E-state index is 12.9. The molecule has 44 heavy (non-hydrogen) atoms. The number of carbonyl (C=O) groups is 1. The SMILES string of the molecule is CC(C)CCC[C@@H](C)[C@H]1CC[C@H]2[C@@H]3CC=C4CC(OC(=O)CCCCc5cccc6ccccc56)CC[C@]4(C)[C@H]3CC[C@]12C. The van der Waals surface area contributed by atoms with Crippen molar-refractivity contribution in [3.63, 3.8) is 0 Å². The van der Waals surface area contributed by atoms with Gasteiger partial charge in [-0.1, -0.05) is 108 Å². The van der Waals surface area contributed by atoms with Crippen LogP contribution in [0.1, 0.15) is 130 Å². The molecule has 0 saturated heterocycles. The molecule has 8 atom stereocenters. The fraction of sp³-hybridized carbons (Fsp3) is 0.690. The summed E-state index contributed by atoms with van der Waals surface area (Å²) in [7, 11) is 0. The number of rotatable bonds is 11. The lowest BCUT2D eigenvalue weighted by Gasteiger charge is -2.58. The summed E-state index contributed by atoms with van der Waals surface area (Å²) in [5.41, 5.74) is 3.87. The topological polar surface area (TPSA) is 26.3 Å². The van der Waals surface area contributed by atoms with Crippen LogP contribution in [0, 0.1) is 46.3 Å². The van der Waals surface area contributed by atoms with Crippen molar-refractivity contribution in [2.24, 2.45) is 46.3 Å². The molecule has 0 amide bonds. The molecule has 3 saturated carbocycles. The van der Waals surface area contributed by atoms with Crippen LogP contribution in [0.15, 0.2) is 54.1 Å². The van der Waals surface area contributed by atoms with Gasteiger partial charge < -0.3 is 4.74 Å². The Bertz CT molecular complexity index is 1320. The van der Waals surface area contributed by atoms with E-state index in [1.807, 2.05) is 0 Å². The molecule has 2 aromatic carbocycles. The molecule has 2 heteroatoms. The van der Waals surface area contributed by atoms with Crippen molar-refractivity contribution in [1.82, 2.24) is 0 Å². The van der Waals surface area contributed by atoms with Crippen molar-refractivity contribution in [2.75, 3.05) is 0 Å². The Morgan fingerprint density at radius 2 is 1.70 bits per heavy atom. The summed E-state index contributed by atoms with van der Waals surface area (Å²) < 4.78 is 6.14. The predicted octanol–water partition coefficient (Wildman–Crippen LogP) is 11.5. The van der Waals surface area contributed by atoms with Gasteiger partial charge in [-0.25, -0.2) is 0 Å². The zero-order valence-corrected chi connectivity index (χ0v) is 28.6.